The summed E-state index contributed by atoms with van der Waals surface area (Å²) in [7, 11) is -4.14. The van der Waals surface area contributed by atoms with Crippen molar-refractivity contribution >= 4 is 10.1 Å². The van der Waals surface area contributed by atoms with Gasteiger partial charge in [0.1, 0.15) is 0 Å². The number of unbranched alkanes of at least 4 members (excludes halogenated alkanes) is 9. The van der Waals surface area contributed by atoms with Crippen molar-refractivity contribution in [3.8, 4) is 0 Å². The Balaban J connectivity index is 2.83. The molecule has 0 radical (unpaired) electrons. The van der Waals surface area contributed by atoms with Crippen LogP contribution < -0.4 is 0 Å². The molecule has 35 heavy (non-hydrogen) atoms. The first kappa shape index (κ1) is 32.8. The van der Waals surface area contributed by atoms with Gasteiger partial charge in [-0.15, -0.1) is 0 Å². The zero-order chi connectivity index (χ0) is 26.3. The van der Waals surface area contributed by atoms with E-state index in [1.54, 1.807) is 12.1 Å². The fourth-order valence-corrected chi connectivity index (χ4v) is 10.4. The average Bonchev–Trinajstić information content (AvgIpc) is 2.73. The molecule has 8 heteroatoms. The molecular formula is C27H50O6STi. The van der Waals surface area contributed by atoms with E-state index in [0.717, 1.165) is 18.4 Å². The topological polar surface area (TPSA) is 71.1 Å². The molecule has 0 saturated heterocycles. The number of benzene rings is 1. The third kappa shape index (κ3) is 13.7. The standard InChI is InChI=1S/C18H30O3S.3C3H7O.Ti/c1-2-3-4-5-6-7-8-9-10-11-14-17-15-12-13-16-18(17)22(19,20)21;3*1-3(2)4;/h12-13,15-16H,2-11,14H2,1H3,(H,19,20,21);3*3H,1-2H3;/q;3*-1;+4/p-1. The van der Waals surface area contributed by atoms with Gasteiger partial charge in [0.2, 0.25) is 0 Å². The summed E-state index contributed by atoms with van der Waals surface area (Å²) in [5, 5.41) is 0. The SMILES string of the molecule is CCCCCCCCCCCCc1ccccc1S(=O)(=O)[O][Ti]([O]C(C)C)([O]C(C)C)[O]C(C)C. The van der Waals surface area contributed by atoms with Crippen LogP contribution in [0.3, 0.4) is 0 Å². The monoisotopic (exact) mass is 550 g/mol. The van der Waals surface area contributed by atoms with E-state index in [2.05, 4.69) is 6.92 Å². The first-order valence-electron chi connectivity index (χ1n) is 13.6. The van der Waals surface area contributed by atoms with Crippen LogP contribution in [0.15, 0.2) is 29.2 Å². The van der Waals surface area contributed by atoms with Gasteiger partial charge >= 0.3 is 195 Å². The van der Waals surface area contributed by atoms with Crippen molar-refractivity contribution in [2.45, 2.75) is 142 Å². The quantitative estimate of drug-likeness (QED) is 0.121. The van der Waals surface area contributed by atoms with Crippen molar-refractivity contribution in [1.82, 2.24) is 0 Å². The van der Waals surface area contributed by atoms with Crippen molar-refractivity contribution in [2.24, 2.45) is 0 Å². The fourth-order valence-electron chi connectivity index (χ4n) is 3.94. The maximum absolute atomic E-state index is 13.5. The van der Waals surface area contributed by atoms with E-state index in [0.29, 0.717) is 6.42 Å². The maximum atomic E-state index is 13.5. The molecule has 0 N–H and O–H groups in total. The predicted octanol–water partition coefficient (Wildman–Crippen LogP) is 7.94. The van der Waals surface area contributed by atoms with Crippen LogP contribution in [-0.2, 0) is 47.4 Å². The van der Waals surface area contributed by atoms with Crippen molar-refractivity contribution < 1.29 is 39.3 Å². The molecule has 1 rings (SSSR count). The van der Waals surface area contributed by atoms with E-state index < -0.39 is 28.3 Å². The fraction of sp³-hybridized carbons (Fsp3) is 0.778. The van der Waals surface area contributed by atoms with Gasteiger partial charge in [-0.1, -0.05) is 26.2 Å². The zero-order valence-corrected chi connectivity index (χ0v) is 25.6. The Kier molecular flexibility index (Phi) is 16.2. The molecule has 204 valence electrons. The van der Waals surface area contributed by atoms with E-state index in [4.69, 9.17) is 12.7 Å². The summed E-state index contributed by atoms with van der Waals surface area (Å²) in [6.07, 6.45) is 12.2. The number of hydrogen-bond donors (Lipinski definition) is 0. The predicted molar refractivity (Wildman–Crippen MR) is 139 cm³/mol. The third-order valence-electron chi connectivity index (χ3n) is 5.39. The number of aryl methyl sites for hydroxylation is 1. The van der Waals surface area contributed by atoms with Gasteiger partial charge in [-0.05, 0) is 0 Å². The minimum atomic E-state index is -4.62. The zero-order valence-electron chi connectivity index (χ0n) is 23.2. The van der Waals surface area contributed by atoms with Crippen LogP contribution in [0.1, 0.15) is 118 Å². The van der Waals surface area contributed by atoms with Gasteiger partial charge in [-0.25, -0.2) is 0 Å². The first-order valence-corrected chi connectivity index (χ1v) is 17.5. The van der Waals surface area contributed by atoms with Crippen LogP contribution in [0.5, 0.6) is 0 Å². The van der Waals surface area contributed by atoms with Gasteiger partial charge in [0.25, 0.3) is 0 Å². The molecule has 0 unspecified atom stereocenters. The average molecular weight is 551 g/mol. The first-order chi connectivity index (χ1) is 16.5. The van der Waals surface area contributed by atoms with Crippen molar-refractivity contribution in [1.29, 1.82) is 0 Å². The van der Waals surface area contributed by atoms with Gasteiger partial charge in [-0.2, -0.15) is 0 Å². The molecule has 0 aliphatic heterocycles. The van der Waals surface area contributed by atoms with Crippen molar-refractivity contribution in [3.63, 3.8) is 0 Å². The molecule has 1 aromatic rings. The number of hydrogen-bond acceptors (Lipinski definition) is 6. The second kappa shape index (κ2) is 17.3. The second-order valence-electron chi connectivity index (χ2n) is 10.1. The summed E-state index contributed by atoms with van der Waals surface area (Å²) in [5.41, 5.74) is 0.766. The molecular weight excluding hydrogens is 500 g/mol. The van der Waals surface area contributed by atoms with E-state index in [1.165, 1.54) is 51.4 Å². The molecule has 1 aromatic carbocycles. The summed E-state index contributed by atoms with van der Waals surface area (Å²) in [4.78, 5) is 0.179. The minimum absolute atomic E-state index is 0.179. The Labute approximate surface area is 220 Å². The molecule has 0 aromatic heterocycles. The molecule has 6 nitrogen and oxygen atoms in total. The molecule has 0 spiro atoms. The van der Waals surface area contributed by atoms with Gasteiger partial charge in [0, 0.05) is 0 Å². The van der Waals surface area contributed by atoms with Crippen LogP contribution in [0, 0.1) is 0 Å². The molecule has 0 saturated carbocycles. The van der Waals surface area contributed by atoms with Gasteiger partial charge in [-0.3, -0.25) is 0 Å². The summed E-state index contributed by atoms with van der Waals surface area (Å²) in [5.74, 6) is 0. The van der Waals surface area contributed by atoms with Crippen LogP contribution in [-0.4, -0.2) is 26.7 Å². The molecule has 0 atom stereocenters. The third-order valence-corrected chi connectivity index (χ3v) is 12.3. The molecule has 0 aliphatic rings. The van der Waals surface area contributed by atoms with E-state index in [1.807, 2.05) is 53.7 Å². The van der Waals surface area contributed by atoms with Crippen LogP contribution in [0.25, 0.3) is 0 Å². The Hall–Kier alpha value is -0.276. The van der Waals surface area contributed by atoms with Crippen molar-refractivity contribution in [3.05, 3.63) is 29.8 Å². The van der Waals surface area contributed by atoms with E-state index >= 15 is 0 Å². The normalized spacial score (nSPS) is 12.9. The molecule has 0 fully saturated rings. The Morgan fingerprint density at radius 1 is 0.686 bits per heavy atom. The van der Waals surface area contributed by atoms with Crippen LogP contribution in [0.2, 0.25) is 0 Å². The van der Waals surface area contributed by atoms with Crippen LogP contribution >= 0.6 is 0 Å². The molecule has 0 bridgehead atoms. The molecule has 0 amide bonds. The summed E-state index contributed by atoms with van der Waals surface area (Å²) in [6, 6.07) is 7.07. The summed E-state index contributed by atoms with van der Waals surface area (Å²) >= 11 is -4.62. The Morgan fingerprint density at radius 2 is 1.11 bits per heavy atom. The van der Waals surface area contributed by atoms with E-state index in [-0.39, 0.29) is 23.2 Å². The Morgan fingerprint density at radius 3 is 1.57 bits per heavy atom. The number of rotatable bonds is 20. The molecule has 0 aliphatic carbocycles. The molecule has 0 heterocycles. The summed E-state index contributed by atoms with van der Waals surface area (Å²) < 4.78 is 50.6. The van der Waals surface area contributed by atoms with Gasteiger partial charge in [0.05, 0.1) is 0 Å². The van der Waals surface area contributed by atoms with Crippen LogP contribution in [0.4, 0.5) is 0 Å². The van der Waals surface area contributed by atoms with E-state index in [9.17, 15) is 8.42 Å². The van der Waals surface area contributed by atoms with Gasteiger partial charge in [0.15, 0.2) is 0 Å². The summed E-state index contributed by atoms with van der Waals surface area (Å²) in [6.45, 7) is 13.2. The second-order valence-corrected chi connectivity index (χ2v) is 15.0. The van der Waals surface area contributed by atoms with Crippen molar-refractivity contribution in [2.75, 3.05) is 0 Å². The van der Waals surface area contributed by atoms with Gasteiger partial charge < -0.3 is 0 Å². The Bertz CT molecular complexity index is 768.